The second-order valence-corrected chi connectivity index (χ2v) is 4.43. The Labute approximate surface area is 76.7 Å². The fourth-order valence-corrected chi connectivity index (χ4v) is 1.70. The Morgan fingerprint density at radius 3 is 2.31 bits per heavy atom. The van der Waals surface area contributed by atoms with Crippen LogP contribution in [0, 0.1) is 6.57 Å². The number of sulfone groups is 1. The molecule has 0 fully saturated rings. The fourth-order valence-electron chi connectivity index (χ4n) is 0.835. The highest BCUT2D eigenvalue weighted by Crippen LogP contribution is 2.13. The molecular weight excluding hydrogens is 188 g/mol. The number of anilines is 1. The van der Waals surface area contributed by atoms with Crippen molar-refractivity contribution in [1.29, 1.82) is 0 Å². The van der Waals surface area contributed by atoms with Gasteiger partial charge in [0.15, 0.2) is 0 Å². The summed E-state index contributed by atoms with van der Waals surface area (Å²) in [5.74, 6) is -0.517. The topological polar surface area (TPSA) is 64.5 Å². The molecule has 0 amide bonds. The summed E-state index contributed by atoms with van der Waals surface area (Å²) in [5, 5.41) is 0. The van der Waals surface area contributed by atoms with Crippen molar-refractivity contribution in [3.8, 4) is 0 Å². The molecule has 0 bridgehead atoms. The first-order valence-corrected chi connectivity index (χ1v) is 5.13. The maximum Gasteiger partial charge on any atom is 0.316 e. The normalized spacial score (nSPS) is 10.7. The first-order valence-electron chi connectivity index (χ1n) is 3.48. The molecule has 0 saturated carbocycles. The second-order valence-electron chi connectivity index (χ2n) is 2.47. The summed E-state index contributed by atoms with van der Waals surface area (Å²) in [6.45, 7) is 6.47. The number of rotatable bonds is 2. The molecule has 2 N–H and O–H groups in total. The molecular formula is C8H8N2O2S. The van der Waals surface area contributed by atoms with Crippen molar-refractivity contribution in [3.63, 3.8) is 0 Å². The van der Waals surface area contributed by atoms with Gasteiger partial charge in [0.05, 0.1) is 4.90 Å². The van der Waals surface area contributed by atoms with Gasteiger partial charge in [-0.05, 0) is 24.3 Å². The lowest BCUT2D eigenvalue weighted by Crippen LogP contribution is -2.03. The predicted molar refractivity (Wildman–Crippen MR) is 49.5 cm³/mol. The first kappa shape index (κ1) is 9.55. The SMILES string of the molecule is [C-]#[N+]CS(=O)(=O)c1ccc(N)cc1. The molecule has 1 rings (SSSR count). The van der Waals surface area contributed by atoms with Crippen LogP contribution in [0.3, 0.4) is 0 Å². The smallest absolute Gasteiger partial charge is 0.316 e. The van der Waals surface area contributed by atoms with Crippen LogP contribution in [0.4, 0.5) is 5.69 Å². The highest BCUT2D eigenvalue weighted by molar-refractivity contribution is 7.91. The fraction of sp³-hybridized carbons (Fsp3) is 0.125. The van der Waals surface area contributed by atoms with Gasteiger partial charge < -0.3 is 5.73 Å². The van der Waals surface area contributed by atoms with E-state index in [0.29, 0.717) is 5.69 Å². The van der Waals surface area contributed by atoms with Gasteiger partial charge in [-0.1, -0.05) is 0 Å². The van der Waals surface area contributed by atoms with Gasteiger partial charge in [-0.2, -0.15) is 0 Å². The minimum atomic E-state index is -3.44. The van der Waals surface area contributed by atoms with Crippen LogP contribution in [0.1, 0.15) is 0 Å². The van der Waals surface area contributed by atoms with Crippen molar-refractivity contribution in [2.24, 2.45) is 0 Å². The monoisotopic (exact) mass is 196 g/mol. The lowest BCUT2D eigenvalue weighted by Gasteiger charge is -1.97. The molecule has 0 radical (unpaired) electrons. The van der Waals surface area contributed by atoms with Gasteiger partial charge in [0, 0.05) is 5.69 Å². The Kier molecular flexibility index (Phi) is 2.54. The van der Waals surface area contributed by atoms with E-state index in [1.807, 2.05) is 0 Å². The summed E-state index contributed by atoms with van der Waals surface area (Å²) in [5.41, 5.74) is 5.89. The van der Waals surface area contributed by atoms with Gasteiger partial charge in [-0.25, -0.2) is 15.0 Å². The lowest BCUT2D eigenvalue weighted by atomic mass is 10.3. The zero-order chi connectivity index (χ0) is 9.90. The maximum atomic E-state index is 11.3. The van der Waals surface area contributed by atoms with Crippen molar-refractivity contribution in [2.45, 2.75) is 4.90 Å². The molecule has 0 atom stereocenters. The zero-order valence-electron chi connectivity index (χ0n) is 6.77. The predicted octanol–water partition coefficient (Wildman–Crippen LogP) is 0.919. The van der Waals surface area contributed by atoms with Gasteiger partial charge >= 0.3 is 5.88 Å². The van der Waals surface area contributed by atoms with Gasteiger partial charge in [0.25, 0.3) is 9.84 Å². The maximum absolute atomic E-state index is 11.3. The van der Waals surface area contributed by atoms with E-state index in [-0.39, 0.29) is 4.90 Å². The van der Waals surface area contributed by atoms with Crippen molar-refractivity contribution in [3.05, 3.63) is 35.7 Å². The molecule has 0 heterocycles. The number of hydrogen-bond acceptors (Lipinski definition) is 3. The Balaban J connectivity index is 3.11. The molecule has 0 aliphatic carbocycles. The largest absolute Gasteiger partial charge is 0.399 e. The van der Waals surface area contributed by atoms with Gasteiger partial charge in [-0.3, -0.25) is 4.85 Å². The molecule has 68 valence electrons. The highest BCUT2D eigenvalue weighted by atomic mass is 32.2. The van der Waals surface area contributed by atoms with Crippen LogP contribution < -0.4 is 5.73 Å². The van der Waals surface area contributed by atoms with Crippen LogP contribution in [0.25, 0.3) is 4.85 Å². The quantitative estimate of drug-likeness (QED) is 0.565. The van der Waals surface area contributed by atoms with E-state index in [1.54, 1.807) is 0 Å². The third kappa shape index (κ3) is 2.20. The number of benzene rings is 1. The van der Waals surface area contributed by atoms with E-state index in [4.69, 9.17) is 12.3 Å². The highest BCUT2D eigenvalue weighted by Gasteiger charge is 2.16. The number of nitrogens with two attached hydrogens (primary N) is 1. The van der Waals surface area contributed by atoms with E-state index in [2.05, 4.69) is 4.85 Å². The standard InChI is InChI=1S/C8H8N2O2S/c1-10-6-13(11,12)8-4-2-7(9)3-5-8/h2-5H,6,9H2. The Hall–Kier alpha value is -1.54. The average molecular weight is 196 g/mol. The number of hydrogen-bond donors (Lipinski definition) is 1. The molecule has 0 aromatic heterocycles. The summed E-state index contributed by atoms with van der Waals surface area (Å²) < 4.78 is 22.6. The van der Waals surface area contributed by atoms with Crippen molar-refractivity contribution in [2.75, 3.05) is 11.6 Å². The third-order valence-electron chi connectivity index (χ3n) is 1.47. The Morgan fingerprint density at radius 1 is 1.31 bits per heavy atom. The first-order chi connectivity index (χ1) is 6.06. The molecule has 4 nitrogen and oxygen atoms in total. The number of nitrogen functional groups attached to an aromatic ring is 1. The van der Waals surface area contributed by atoms with Crippen LogP contribution in [0.15, 0.2) is 29.2 Å². The lowest BCUT2D eigenvalue weighted by molar-refractivity contribution is 0.599. The summed E-state index contributed by atoms with van der Waals surface area (Å²) >= 11 is 0. The molecule has 1 aromatic rings. The molecule has 0 saturated heterocycles. The van der Waals surface area contributed by atoms with Crippen LogP contribution in [-0.2, 0) is 9.84 Å². The summed E-state index contributed by atoms with van der Waals surface area (Å²) in [6.07, 6.45) is 0. The Morgan fingerprint density at radius 2 is 1.85 bits per heavy atom. The summed E-state index contributed by atoms with van der Waals surface area (Å²) in [7, 11) is -3.44. The van der Waals surface area contributed by atoms with E-state index in [9.17, 15) is 8.42 Å². The van der Waals surface area contributed by atoms with Crippen molar-refractivity contribution in [1.82, 2.24) is 0 Å². The molecule has 1 aromatic carbocycles. The Bertz CT molecular complexity index is 428. The number of nitrogens with zero attached hydrogens (tertiary/aromatic N) is 1. The molecule has 0 aliphatic heterocycles. The summed E-state index contributed by atoms with van der Waals surface area (Å²) in [6, 6.07) is 5.79. The van der Waals surface area contributed by atoms with Gasteiger partial charge in [0.1, 0.15) is 0 Å². The van der Waals surface area contributed by atoms with E-state index >= 15 is 0 Å². The molecule has 0 aliphatic rings. The van der Waals surface area contributed by atoms with Crippen LogP contribution in [-0.4, -0.2) is 14.3 Å². The molecule has 0 spiro atoms. The minimum absolute atomic E-state index is 0.137. The van der Waals surface area contributed by atoms with E-state index < -0.39 is 15.7 Å². The minimum Gasteiger partial charge on any atom is -0.399 e. The van der Waals surface area contributed by atoms with E-state index in [0.717, 1.165) is 0 Å². The van der Waals surface area contributed by atoms with Gasteiger partial charge in [0.2, 0.25) is 0 Å². The van der Waals surface area contributed by atoms with E-state index in [1.165, 1.54) is 24.3 Å². The molecule has 13 heavy (non-hydrogen) atoms. The van der Waals surface area contributed by atoms with Crippen LogP contribution in [0.5, 0.6) is 0 Å². The molecule has 0 unspecified atom stereocenters. The average Bonchev–Trinajstić information content (AvgIpc) is 2.05. The van der Waals surface area contributed by atoms with Crippen LogP contribution in [0.2, 0.25) is 0 Å². The van der Waals surface area contributed by atoms with Gasteiger partial charge in [-0.15, -0.1) is 0 Å². The van der Waals surface area contributed by atoms with Crippen molar-refractivity contribution < 1.29 is 8.42 Å². The zero-order valence-corrected chi connectivity index (χ0v) is 7.58. The third-order valence-corrected chi connectivity index (χ3v) is 2.93. The molecule has 5 heteroatoms. The summed E-state index contributed by atoms with van der Waals surface area (Å²) in [4.78, 5) is 2.97. The van der Waals surface area contributed by atoms with Crippen molar-refractivity contribution >= 4 is 15.5 Å². The second kappa shape index (κ2) is 3.46. The van der Waals surface area contributed by atoms with Crippen LogP contribution >= 0.6 is 0 Å².